The quantitative estimate of drug-likeness (QED) is 0.303. The molecule has 0 atom stereocenters. The van der Waals surface area contributed by atoms with E-state index < -0.39 is 24.0 Å². The Labute approximate surface area is 85.4 Å². The molecule has 0 bridgehead atoms. The van der Waals surface area contributed by atoms with E-state index in [1.807, 2.05) is 0 Å². The van der Waals surface area contributed by atoms with Crippen molar-refractivity contribution in [3.8, 4) is 0 Å². The molecule has 0 aliphatic rings. The van der Waals surface area contributed by atoms with Gasteiger partial charge in [0.2, 0.25) is 0 Å². The van der Waals surface area contributed by atoms with E-state index in [1.165, 1.54) is 18.5 Å². The molecule has 1 aromatic rings. The summed E-state index contributed by atoms with van der Waals surface area (Å²) in [5.74, 6) is -2.51. The molecule has 0 unspecified atom stereocenters. The van der Waals surface area contributed by atoms with Gasteiger partial charge in [0.1, 0.15) is 0 Å². The lowest BCUT2D eigenvalue weighted by molar-refractivity contribution is -0.362. The lowest BCUT2D eigenvalue weighted by atomic mass is 10.1. The molecule has 1 heterocycles. The Morgan fingerprint density at radius 1 is 1.40 bits per heavy atom. The van der Waals surface area contributed by atoms with Crippen LogP contribution in [0.4, 0.5) is 0 Å². The summed E-state index contributed by atoms with van der Waals surface area (Å²) in [6.07, 6.45) is 2.30. The number of nitrogens with zero attached hydrogens (tertiary/aromatic N) is 1. The van der Waals surface area contributed by atoms with Gasteiger partial charge >= 0.3 is 11.8 Å². The van der Waals surface area contributed by atoms with Crippen LogP contribution in [0.15, 0.2) is 24.5 Å². The zero-order valence-electron chi connectivity index (χ0n) is 7.80. The van der Waals surface area contributed by atoms with E-state index in [9.17, 15) is 14.4 Å². The van der Waals surface area contributed by atoms with E-state index in [1.54, 1.807) is 6.07 Å². The second kappa shape index (κ2) is 4.90. The summed E-state index contributed by atoms with van der Waals surface area (Å²) in [5, 5.41) is 0. The van der Waals surface area contributed by atoms with Crippen molar-refractivity contribution in [3.63, 3.8) is 0 Å². The number of hydrogen-bond acceptors (Lipinski definition) is 4. The zero-order chi connectivity index (χ0) is 11.3. The third-order valence-corrected chi connectivity index (χ3v) is 1.66. The molecule has 0 aromatic carbocycles. The molecule has 0 fully saturated rings. The van der Waals surface area contributed by atoms with E-state index in [4.69, 9.17) is 0 Å². The van der Waals surface area contributed by atoms with Crippen molar-refractivity contribution < 1.29 is 18.8 Å². The minimum Gasteiger partial charge on any atom is -0.294 e. The fourth-order valence-corrected chi connectivity index (χ4v) is 0.928. The van der Waals surface area contributed by atoms with Gasteiger partial charge in [-0.2, -0.15) is 0 Å². The minimum atomic E-state index is -1.12. The van der Waals surface area contributed by atoms with Crippen LogP contribution in [0.5, 0.6) is 0 Å². The number of rotatable bonds is 4. The molecule has 0 aliphatic carbocycles. The molecule has 0 aliphatic heterocycles. The highest BCUT2D eigenvalue weighted by Gasteiger charge is 2.28. The van der Waals surface area contributed by atoms with Gasteiger partial charge in [-0.1, -0.05) is 0 Å². The Morgan fingerprint density at radius 2 is 2.13 bits per heavy atom. The fourth-order valence-electron chi connectivity index (χ4n) is 0.928. The molecule has 0 amide bonds. The first-order chi connectivity index (χ1) is 7.15. The molecular weight excluding hydrogens is 198 g/mol. The van der Waals surface area contributed by atoms with Crippen LogP contribution in [0.25, 0.3) is 0 Å². The average molecular weight is 206 g/mol. The van der Waals surface area contributed by atoms with Gasteiger partial charge in [0.05, 0.1) is 11.2 Å². The lowest BCUT2D eigenvalue weighted by Gasteiger charge is -1.94. The Hall–Kier alpha value is -2.17. The normalized spacial score (nSPS) is 9.33. The van der Waals surface area contributed by atoms with Crippen LogP contribution in [0.3, 0.4) is 0 Å². The van der Waals surface area contributed by atoms with Crippen molar-refractivity contribution in [2.75, 3.05) is 0 Å². The van der Waals surface area contributed by atoms with Gasteiger partial charge in [0.15, 0.2) is 12.6 Å². The Balaban J connectivity index is 2.69. The predicted octanol–water partition coefficient (Wildman–Crippen LogP) is 0.114. The fraction of sp³-hybridized carbons (Fsp3) is 0.100. The summed E-state index contributed by atoms with van der Waals surface area (Å²) in [6.45, 7) is 2.79. The highest BCUT2D eigenvalue weighted by molar-refractivity contribution is 6.36. The molecule has 1 rings (SSSR count). The SMILES string of the molecule is C=[O+]C(=O)C(=O)CC(=O)c1cccnc1. The molecule has 0 spiro atoms. The predicted molar refractivity (Wildman–Crippen MR) is 50.3 cm³/mol. The summed E-state index contributed by atoms with van der Waals surface area (Å²) >= 11 is 0. The van der Waals surface area contributed by atoms with Gasteiger partial charge in [-0.3, -0.25) is 19.0 Å². The first-order valence-corrected chi connectivity index (χ1v) is 4.07. The molecule has 5 nitrogen and oxygen atoms in total. The minimum absolute atomic E-state index is 0.280. The maximum Gasteiger partial charge on any atom is 0.649 e. The van der Waals surface area contributed by atoms with Crippen LogP contribution in [-0.2, 0) is 14.0 Å². The van der Waals surface area contributed by atoms with Crippen molar-refractivity contribution in [3.05, 3.63) is 30.1 Å². The van der Waals surface area contributed by atoms with Crippen LogP contribution in [-0.4, -0.2) is 29.3 Å². The Bertz CT molecular complexity index is 411. The molecule has 0 saturated carbocycles. The van der Waals surface area contributed by atoms with Gasteiger partial charge in [0, 0.05) is 18.0 Å². The van der Waals surface area contributed by atoms with Crippen molar-refractivity contribution in [1.82, 2.24) is 4.98 Å². The maximum absolute atomic E-state index is 11.4. The van der Waals surface area contributed by atoms with Crippen LogP contribution >= 0.6 is 0 Å². The summed E-state index contributed by atoms with van der Waals surface area (Å²) in [4.78, 5) is 36.8. The molecule has 1 aromatic heterocycles. The number of carbonyl (C=O) groups is 3. The van der Waals surface area contributed by atoms with Crippen LogP contribution in [0.2, 0.25) is 0 Å². The molecule has 0 N–H and O–H groups in total. The zero-order valence-corrected chi connectivity index (χ0v) is 7.80. The lowest BCUT2D eigenvalue weighted by Crippen LogP contribution is -2.18. The number of Topliss-reactive ketones (excluding diaryl/α,β-unsaturated/α-hetero) is 2. The number of aromatic nitrogens is 1. The van der Waals surface area contributed by atoms with E-state index in [-0.39, 0.29) is 5.56 Å². The summed E-state index contributed by atoms with van der Waals surface area (Å²) in [5.41, 5.74) is 0.280. The molecule has 76 valence electrons. The van der Waals surface area contributed by atoms with E-state index in [2.05, 4.69) is 16.2 Å². The number of pyridine rings is 1. The number of hydrogen-bond donors (Lipinski definition) is 0. The topological polar surface area (TPSA) is 75.4 Å². The Morgan fingerprint density at radius 3 is 2.67 bits per heavy atom. The average Bonchev–Trinajstić information content (AvgIpc) is 2.29. The van der Waals surface area contributed by atoms with Crippen molar-refractivity contribution in [2.45, 2.75) is 6.42 Å². The first kappa shape index (κ1) is 10.9. The van der Waals surface area contributed by atoms with Gasteiger partial charge < -0.3 is 0 Å². The van der Waals surface area contributed by atoms with Gasteiger partial charge in [-0.05, 0) is 12.1 Å². The largest absolute Gasteiger partial charge is 0.649 e. The van der Waals surface area contributed by atoms with Crippen LogP contribution in [0.1, 0.15) is 16.8 Å². The smallest absolute Gasteiger partial charge is 0.294 e. The standard InChI is InChI=1S/C10H8NO4/c1-15-10(14)9(13)5-8(12)7-3-2-4-11-6-7/h2-4,6H,1,5H2/q+1. The third kappa shape index (κ3) is 2.91. The second-order valence-corrected chi connectivity index (χ2v) is 2.70. The van der Waals surface area contributed by atoms with Crippen LogP contribution < -0.4 is 0 Å². The summed E-state index contributed by atoms with van der Waals surface area (Å²) < 4.78 is 3.94. The molecule has 0 radical (unpaired) electrons. The summed E-state index contributed by atoms with van der Waals surface area (Å²) in [7, 11) is 0. The molecular formula is C10H8NO4+. The van der Waals surface area contributed by atoms with Crippen molar-refractivity contribution in [2.24, 2.45) is 0 Å². The highest BCUT2D eigenvalue weighted by atomic mass is 16.4. The molecule has 15 heavy (non-hydrogen) atoms. The maximum atomic E-state index is 11.4. The van der Waals surface area contributed by atoms with E-state index in [0.717, 1.165) is 0 Å². The van der Waals surface area contributed by atoms with E-state index in [0.29, 0.717) is 0 Å². The van der Waals surface area contributed by atoms with E-state index >= 15 is 0 Å². The third-order valence-electron chi connectivity index (χ3n) is 1.66. The van der Waals surface area contributed by atoms with Crippen LogP contribution in [0, 0.1) is 0 Å². The van der Waals surface area contributed by atoms with Gasteiger partial charge in [-0.15, -0.1) is 0 Å². The molecule has 5 heteroatoms. The monoisotopic (exact) mass is 206 g/mol. The van der Waals surface area contributed by atoms with Crippen molar-refractivity contribution in [1.29, 1.82) is 0 Å². The van der Waals surface area contributed by atoms with Gasteiger partial charge in [-0.25, -0.2) is 0 Å². The van der Waals surface area contributed by atoms with Gasteiger partial charge in [0.25, 0.3) is 0 Å². The highest BCUT2D eigenvalue weighted by Crippen LogP contribution is 2.01. The van der Waals surface area contributed by atoms with Crippen molar-refractivity contribution >= 4 is 24.3 Å². The first-order valence-electron chi connectivity index (χ1n) is 4.07. The summed E-state index contributed by atoms with van der Waals surface area (Å²) in [6, 6.07) is 3.08. The number of ketones is 2. The molecule has 0 saturated heterocycles. The Kier molecular flexibility index (Phi) is 3.56. The number of carbonyl (C=O) groups excluding carboxylic acids is 4. The second-order valence-electron chi connectivity index (χ2n) is 2.70.